The Bertz CT molecular complexity index is 505. The third-order valence-corrected chi connectivity index (χ3v) is 4.52. The highest BCUT2D eigenvalue weighted by molar-refractivity contribution is 9.10. The van der Waals surface area contributed by atoms with Crippen molar-refractivity contribution in [2.45, 2.75) is 30.8 Å². The SMILES string of the molecule is CCCC(O)CNS(=O)(=O)c1ccc(N)c(Br)c1. The molecule has 0 aliphatic carbocycles. The molecule has 1 unspecified atom stereocenters. The predicted molar refractivity (Wildman–Crippen MR) is 74.7 cm³/mol. The van der Waals surface area contributed by atoms with E-state index in [1.54, 1.807) is 0 Å². The maximum Gasteiger partial charge on any atom is 0.240 e. The first-order valence-corrected chi connectivity index (χ1v) is 7.87. The zero-order valence-electron chi connectivity index (χ0n) is 10.1. The Morgan fingerprint density at radius 2 is 2.17 bits per heavy atom. The number of halogens is 1. The lowest BCUT2D eigenvalue weighted by Crippen LogP contribution is -2.32. The average molecular weight is 337 g/mol. The van der Waals surface area contributed by atoms with Crippen LogP contribution >= 0.6 is 15.9 Å². The van der Waals surface area contributed by atoms with E-state index in [4.69, 9.17) is 5.73 Å². The maximum atomic E-state index is 11.9. The molecule has 7 heteroatoms. The largest absolute Gasteiger partial charge is 0.398 e. The number of aliphatic hydroxyl groups excluding tert-OH is 1. The van der Waals surface area contributed by atoms with E-state index in [1.807, 2.05) is 6.92 Å². The molecular weight excluding hydrogens is 320 g/mol. The minimum atomic E-state index is -3.61. The van der Waals surface area contributed by atoms with Gasteiger partial charge in [-0.05, 0) is 40.5 Å². The van der Waals surface area contributed by atoms with Crippen LogP contribution in [0, 0.1) is 0 Å². The molecule has 0 fully saturated rings. The summed E-state index contributed by atoms with van der Waals surface area (Å²) in [7, 11) is -3.61. The smallest absolute Gasteiger partial charge is 0.240 e. The van der Waals surface area contributed by atoms with Crippen LogP contribution in [0.2, 0.25) is 0 Å². The van der Waals surface area contributed by atoms with Gasteiger partial charge in [0.05, 0.1) is 11.0 Å². The molecule has 0 bridgehead atoms. The predicted octanol–water partition coefficient (Wildman–Crippen LogP) is 1.47. The highest BCUT2D eigenvalue weighted by Crippen LogP contribution is 2.22. The van der Waals surface area contributed by atoms with E-state index in [2.05, 4.69) is 20.7 Å². The van der Waals surface area contributed by atoms with Crippen molar-refractivity contribution in [2.75, 3.05) is 12.3 Å². The molecule has 0 spiro atoms. The Labute approximate surface area is 116 Å². The number of nitrogen functional groups attached to an aromatic ring is 1. The summed E-state index contributed by atoms with van der Waals surface area (Å²) in [5, 5.41) is 9.50. The fourth-order valence-electron chi connectivity index (χ4n) is 1.40. The molecule has 0 aliphatic rings. The van der Waals surface area contributed by atoms with E-state index in [9.17, 15) is 13.5 Å². The van der Waals surface area contributed by atoms with E-state index in [0.717, 1.165) is 6.42 Å². The second kappa shape index (κ2) is 6.51. The van der Waals surface area contributed by atoms with Crippen molar-refractivity contribution in [3.63, 3.8) is 0 Å². The Hall–Kier alpha value is -0.630. The molecular formula is C11H17BrN2O3S. The molecule has 0 amide bonds. The fraction of sp³-hybridized carbons (Fsp3) is 0.455. The van der Waals surface area contributed by atoms with Gasteiger partial charge in [-0.2, -0.15) is 0 Å². The molecule has 1 aromatic carbocycles. The highest BCUT2D eigenvalue weighted by Gasteiger charge is 2.16. The van der Waals surface area contributed by atoms with Crippen LogP contribution in [-0.2, 0) is 10.0 Å². The van der Waals surface area contributed by atoms with Crippen molar-refractivity contribution in [3.8, 4) is 0 Å². The van der Waals surface area contributed by atoms with Gasteiger partial charge in [0.25, 0.3) is 0 Å². The standard InChI is InChI=1S/C11H17BrN2O3S/c1-2-3-8(15)7-14-18(16,17)9-4-5-11(13)10(12)6-9/h4-6,8,14-15H,2-3,7,13H2,1H3. The number of rotatable bonds is 6. The number of nitrogens with two attached hydrogens (primary N) is 1. The van der Waals surface area contributed by atoms with Crippen molar-refractivity contribution in [2.24, 2.45) is 0 Å². The number of anilines is 1. The van der Waals surface area contributed by atoms with Crippen molar-refractivity contribution >= 4 is 31.6 Å². The van der Waals surface area contributed by atoms with Gasteiger partial charge in [0.2, 0.25) is 10.0 Å². The first-order valence-electron chi connectivity index (χ1n) is 5.59. The monoisotopic (exact) mass is 336 g/mol. The summed E-state index contributed by atoms with van der Waals surface area (Å²) < 4.78 is 26.7. The van der Waals surface area contributed by atoms with Gasteiger partial charge in [-0.25, -0.2) is 13.1 Å². The van der Waals surface area contributed by atoms with Gasteiger partial charge in [-0.1, -0.05) is 13.3 Å². The molecule has 1 rings (SSSR count). The molecule has 0 saturated heterocycles. The molecule has 1 aromatic rings. The normalized spacial score (nSPS) is 13.5. The van der Waals surface area contributed by atoms with Gasteiger partial charge in [-0.15, -0.1) is 0 Å². The number of sulfonamides is 1. The zero-order chi connectivity index (χ0) is 13.8. The molecule has 0 saturated carbocycles. The second-order valence-corrected chi connectivity index (χ2v) is 6.60. The lowest BCUT2D eigenvalue weighted by atomic mass is 10.2. The minimum absolute atomic E-state index is 0.0121. The van der Waals surface area contributed by atoms with Gasteiger partial charge in [0, 0.05) is 16.7 Å². The lowest BCUT2D eigenvalue weighted by molar-refractivity contribution is 0.167. The van der Waals surface area contributed by atoms with E-state index < -0.39 is 16.1 Å². The second-order valence-electron chi connectivity index (χ2n) is 3.98. The average Bonchev–Trinajstić information content (AvgIpc) is 2.30. The topological polar surface area (TPSA) is 92.4 Å². The van der Waals surface area contributed by atoms with Crippen LogP contribution in [0.1, 0.15) is 19.8 Å². The van der Waals surface area contributed by atoms with Gasteiger partial charge >= 0.3 is 0 Å². The summed E-state index contributed by atoms with van der Waals surface area (Å²) in [5.41, 5.74) is 6.06. The van der Waals surface area contributed by atoms with E-state index in [0.29, 0.717) is 16.6 Å². The molecule has 18 heavy (non-hydrogen) atoms. The number of aliphatic hydroxyl groups is 1. The molecule has 0 heterocycles. The van der Waals surface area contributed by atoms with Crippen LogP contribution in [0.4, 0.5) is 5.69 Å². The van der Waals surface area contributed by atoms with E-state index >= 15 is 0 Å². The minimum Gasteiger partial charge on any atom is -0.398 e. The summed E-state index contributed by atoms with van der Waals surface area (Å²) in [6.45, 7) is 1.94. The quantitative estimate of drug-likeness (QED) is 0.686. The molecule has 0 aromatic heterocycles. The summed E-state index contributed by atoms with van der Waals surface area (Å²) in [6, 6.07) is 4.37. The van der Waals surface area contributed by atoms with Crippen molar-refractivity contribution < 1.29 is 13.5 Å². The van der Waals surface area contributed by atoms with Crippen LogP contribution in [0.15, 0.2) is 27.6 Å². The first-order chi connectivity index (χ1) is 8.36. The first kappa shape index (κ1) is 15.4. The van der Waals surface area contributed by atoms with Crippen LogP contribution in [-0.4, -0.2) is 26.2 Å². The number of hydrogen-bond donors (Lipinski definition) is 3. The Morgan fingerprint density at radius 1 is 1.50 bits per heavy atom. The zero-order valence-corrected chi connectivity index (χ0v) is 12.5. The molecule has 0 aliphatic heterocycles. The Kier molecular flexibility index (Phi) is 5.58. The van der Waals surface area contributed by atoms with Gasteiger partial charge in [0.15, 0.2) is 0 Å². The molecule has 0 radical (unpaired) electrons. The van der Waals surface area contributed by atoms with Gasteiger partial charge in [0.1, 0.15) is 0 Å². The van der Waals surface area contributed by atoms with E-state index in [1.165, 1.54) is 18.2 Å². The summed E-state index contributed by atoms with van der Waals surface area (Å²) in [5.74, 6) is 0. The number of nitrogens with one attached hydrogen (secondary N) is 1. The van der Waals surface area contributed by atoms with Crippen LogP contribution in [0.5, 0.6) is 0 Å². The van der Waals surface area contributed by atoms with Gasteiger partial charge in [-0.3, -0.25) is 0 Å². The lowest BCUT2D eigenvalue weighted by Gasteiger charge is -2.11. The summed E-state index contributed by atoms with van der Waals surface area (Å²) >= 11 is 3.18. The molecule has 102 valence electrons. The van der Waals surface area contributed by atoms with Crippen LogP contribution < -0.4 is 10.5 Å². The van der Waals surface area contributed by atoms with Crippen LogP contribution in [0.25, 0.3) is 0 Å². The van der Waals surface area contributed by atoms with Crippen molar-refractivity contribution in [3.05, 3.63) is 22.7 Å². The third kappa shape index (κ3) is 4.24. The highest BCUT2D eigenvalue weighted by atomic mass is 79.9. The summed E-state index contributed by atoms with van der Waals surface area (Å²) in [4.78, 5) is 0.118. The fourth-order valence-corrected chi connectivity index (χ4v) is 3.03. The molecule has 5 nitrogen and oxygen atoms in total. The maximum absolute atomic E-state index is 11.9. The Balaban J connectivity index is 2.77. The van der Waals surface area contributed by atoms with E-state index in [-0.39, 0.29) is 11.4 Å². The van der Waals surface area contributed by atoms with Crippen molar-refractivity contribution in [1.29, 1.82) is 0 Å². The third-order valence-electron chi connectivity index (χ3n) is 2.41. The number of benzene rings is 1. The molecule has 4 N–H and O–H groups in total. The summed E-state index contributed by atoms with van der Waals surface area (Å²) in [6.07, 6.45) is 0.701. The Morgan fingerprint density at radius 3 is 2.72 bits per heavy atom. The number of hydrogen-bond acceptors (Lipinski definition) is 4. The molecule has 1 atom stereocenters. The van der Waals surface area contributed by atoms with Crippen LogP contribution in [0.3, 0.4) is 0 Å². The van der Waals surface area contributed by atoms with Gasteiger partial charge < -0.3 is 10.8 Å². The van der Waals surface area contributed by atoms with Crippen molar-refractivity contribution in [1.82, 2.24) is 4.72 Å².